The van der Waals surface area contributed by atoms with E-state index in [1.807, 2.05) is 6.07 Å². The highest BCUT2D eigenvalue weighted by Crippen LogP contribution is 2.14. The van der Waals surface area contributed by atoms with E-state index in [0.717, 1.165) is 17.2 Å². The van der Waals surface area contributed by atoms with Crippen LogP contribution in [0.1, 0.15) is 36.5 Å². The van der Waals surface area contributed by atoms with Gasteiger partial charge >= 0.3 is 5.97 Å². The van der Waals surface area contributed by atoms with E-state index in [0.29, 0.717) is 5.92 Å². The molecule has 0 aliphatic carbocycles. The van der Waals surface area contributed by atoms with Crippen molar-refractivity contribution in [2.45, 2.75) is 26.0 Å². The lowest BCUT2D eigenvalue weighted by molar-refractivity contribution is 0.0690. The van der Waals surface area contributed by atoms with Crippen molar-refractivity contribution in [3.05, 3.63) is 29.6 Å². The highest BCUT2D eigenvalue weighted by atomic mass is 32.2. The van der Waals surface area contributed by atoms with Crippen molar-refractivity contribution in [3.8, 4) is 0 Å². The summed E-state index contributed by atoms with van der Waals surface area (Å²) >= 11 is 1.80. The maximum Gasteiger partial charge on any atom is 0.354 e. The monoisotopic (exact) mass is 239 g/mol. The number of thioether (sulfide) groups is 1. The number of carboxylic acid groups (broad SMARTS) is 1. The first-order valence-electron chi connectivity index (χ1n) is 5.36. The van der Waals surface area contributed by atoms with Crippen LogP contribution in [0.5, 0.6) is 0 Å². The fourth-order valence-electron chi connectivity index (χ4n) is 1.17. The van der Waals surface area contributed by atoms with E-state index in [-0.39, 0.29) is 5.69 Å². The number of hydrogen-bond acceptors (Lipinski definition) is 3. The third kappa shape index (κ3) is 4.66. The number of carboxylic acids is 1. The molecule has 16 heavy (non-hydrogen) atoms. The van der Waals surface area contributed by atoms with Gasteiger partial charge in [0, 0.05) is 5.75 Å². The molecule has 0 saturated carbocycles. The van der Waals surface area contributed by atoms with Crippen LogP contribution in [0.4, 0.5) is 0 Å². The second-order valence-electron chi connectivity index (χ2n) is 4.05. The lowest BCUT2D eigenvalue weighted by Crippen LogP contribution is -2.02. The number of nitrogens with zero attached hydrogens (tertiary/aromatic N) is 1. The minimum absolute atomic E-state index is 0.127. The summed E-state index contributed by atoms with van der Waals surface area (Å²) in [6, 6.07) is 5.13. The lowest BCUT2D eigenvalue weighted by Gasteiger charge is -2.04. The van der Waals surface area contributed by atoms with E-state index < -0.39 is 5.97 Å². The normalized spacial score (nSPS) is 10.7. The molecule has 0 unspecified atom stereocenters. The van der Waals surface area contributed by atoms with E-state index in [1.165, 1.54) is 12.5 Å². The Bertz CT molecular complexity index is 353. The average Bonchev–Trinajstić information content (AvgIpc) is 2.24. The smallest absolute Gasteiger partial charge is 0.354 e. The fraction of sp³-hybridized carbons (Fsp3) is 0.500. The van der Waals surface area contributed by atoms with Crippen LogP contribution in [0.15, 0.2) is 18.2 Å². The first-order valence-corrected chi connectivity index (χ1v) is 6.52. The Labute approximate surface area is 100 Å². The molecule has 0 saturated heterocycles. The van der Waals surface area contributed by atoms with E-state index >= 15 is 0 Å². The maximum atomic E-state index is 10.7. The summed E-state index contributed by atoms with van der Waals surface area (Å²) in [6.07, 6.45) is 1.18. The van der Waals surface area contributed by atoms with Gasteiger partial charge in [0.2, 0.25) is 0 Å². The van der Waals surface area contributed by atoms with Crippen LogP contribution in [0.2, 0.25) is 0 Å². The van der Waals surface area contributed by atoms with Gasteiger partial charge in [0.15, 0.2) is 0 Å². The van der Waals surface area contributed by atoms with Crippen molar-refractivity contribution in [1.82, 2.24) is 4.98 Å². The zero-order valence-electron chi connectivity index (χ0n) is 9.64. The predicted octanol–water partition coefficient (Wildman–Crippen LogP) is 3.06. The third-order valence-corrected chi connectivity index (χ3v) is 3.14. The number of aromatic carboxylic acids is 1. The minimum atomic E-state index is -0.964. The molecular weight excluding hydrogens is 222 g/mol. The summed E-state index contributed by atoms with van der Waals surface area (Å²) in [5.41, 5.74) is 0.968. The molecular formula is C12H17NO2S. The van der Waals surface area contributed by atoms with Crippen LogP contribution in [0.3, 0.4) is 0 Å². The number of pyridine rings is 1. The van der Waals surface area contributed by atoms with Gasteiger partial charge in [0.25, 0.3) is 0 Å². The summed E-state index contributed by atoms with van der Waals surface area (Å²) in [7, 11) is 0. The Morgan fingerprint density at radius 1 is 1.50 bits per heavy atom. The van der Waals surface area contributed by atoms with Crippen molar-refractivity contribution < 1.29 is 9.90 Å². The molecule has 4 heteroatoms. The van der Waals surface area contributed by atoms with Crippen molar-refractivity contribution in [2.24, 2.45) is 5.92 Å². The third-order valence-electron chi connectivity index (χ3n) is 2.12. The zero-order chi connectivity index (χ0) is 12.0. The molecule has 1 rings (SSSR count). The van der Waals surface area contributed by atoms with Gasteiger partial charge in [-0.3, -0.25) is 0 Å². The molecule has 0 amide bonds. The van der Waals surface area contributed by atoms with Crippen LogP contribution >= 0.6 is 11.8 Å². The zero-order valence-corrected chi connectivity index (χ0v) is 10.5. The molecule has 0 bridgehead atoms. The van der Waals surface area contributed by atoms with Gasteiger partial charge in [-0.1, -0.05) is 19.9 Å². The molecule has 0 aliphatic rings. The summed E-state index contributed by atoms with van der Waals surface area (Å²) < 4.78 is 0. The highest BCUT2D eigenvalue weighted by molar-refractivity contribution is 7.98. The second-order valence-corrected chi connectivity index (χ2v) is 5.16. The molecule has 1 heterocycles. The molecule has 0 spiro atoms. The fourth-order valence-corrected chi connectivity index (χ4v) is 2.33. The molecule has 0 aliphatic heterocycles. The summed E-state index contributed by atoms with van der Waals surface area (Å²) in [4.78, 5) is 14.8. The van der Waals surface area contributed by atoms with E-state index in [9.17, 15) is 4.79 Å². The molecule has 88 valence electrons. The van der Waals surface area contributed by atoms with Gasteiger partial charge < -0.3 is 5.11 Å². The van der Waals surface area contributed by atoms with Crippen LogP contribution in [-0.4, -0.2) is 21.8 Å². The van der Waals surface area contributed by atoms with Gasteiger partial charge in [-0.25, -0.2) is 9.78 Å². The Kier molecular flexibility index (Phi) is 5.32. The summed E-state index contributed by atoms with van der Waals surface area (Å²) in [5, 5.41) is 8.78. The van der Waals surface area contributed by atoms with Gasteiger partial charge in [-0.05, 0) is 30.2 Å². The van der Waals surface area contributed by atoms with Crippen LogP contribution < -0.4 is 0 Å². The molecule has 0 aromatic carbocycles. The quantitative estimate of drug-likeness (QED) is 0.775. The average molecular weight is 239 g/mol. The lowest BCUT2D eigenvalue weighted by atomic mass is 10.2. The van der Waals surface area contributed by atoms with E-state index in [4.69, 9.17) is 5.11 Å². The summed E-state index contributed by atoms with van der Waals surface area (Å²) in [5.74, 6) is 1.63. The van der Waals surface area contributed by atoms with Gasteiger partial charge in [0.05, 0.1) is 5.69 Å². The van der Waals surface area contributed by atoms with Crippen molar-refractivity contribution >= 4 is 17.7 Å². The highest BCUT2D eigenvalue weighted by Gasteiger charge is 2.04. The number of hydrogen-bond donors (Lipinski definition) is 1. The van der Waals surface area contributed by atoms with Crippen molar-refractivity contribution in [3.63, 3.8) is 0 Å². The summed E-state index contributed by atoms with van der Waals surface area (Å²) in [6.45, 7) is 4.40. The molecule has 1 aromatic heterocycles. The Balaban J connectivity index is 2.42. The maximum absolute atomic E-state index is 10.7. The SMILES string of the molecule is CC(C)CCSCc1cccc(C(=O)O)n1. The molecule has 3 nitrogen and oxygen atoms in total. The van der Waals surface area contributed by atoms with E-state index in [2.05, 4.69) is 18.8 Å². The van der Waals surface area contributed by atoms with Crippen LogP contribution in [0, 0.1) is 5.92 Å². The topological polar surface area (TPSA) is 50.2 Å². The molecule has 1 aromatic rings. The first kappa shape index (κ1) is 13.0. The number of rotatable bonds is 6. The second kappa shape index (κ2) is 6.53. The van der Waals surface area contributed by atoms with Gasteiger partial charge in [-0.15, -0.1) is 0 Å². The number of carbonyl (C=O) groups is 1. The Morgan fingerprint density at radius 2 is 2.25 bits per heavy atom. The number of aromatic nitrogens is 1. The molecule has 0 fully saturated rings. The van der Waals surface area contributed by atoms with Crippen LogP contribution in [-0.2, 0) is 5.75 Å². The molecule has 0 radical (unpaired) electrons. The van der Waals surface area contributed by atoms with E-state index in [1.54, 1.807) is 17.8 Å². The minimum Gasteiger partial charge on any atom is -0.477 e. The Morgan fingerprint density at radius 3 is 2.88 bits per heavy atom. The standard InChI is InChI=1S/C12H17NO2S/c1-9(2)6-7-16-8-10-4-3-5-11(13-10)12(14)15/h3-5,9H,6-8H2,1-2H3,(H,14,15). The Hall–Kier alpha value is -1.03. The van der Waals surface area contributed by atoms with Gasteiger partial charge in [-0.2, -0.15) is 11.8 Å². The predicted molar refractivity (Wildman–Crippen MR) is 66.8 cm³/mol. The van der Waals surface area contributed by atoms with Crippen LogP contribution in [0.25, 0.3) is 0 Å². The largest absolute Gasteiger partial charge is 0.477 e. The molecule has 0 atom stereocenters. The first-order chi connectivity index (χ1) is 7.59. The van der Waals surface area contributed by atoms with Crippen molar-refractivity contribution in [2.75, 3.05) is 5.75 Å². The van der Waals surface area contributed by atoms with Gasteiger partial charge in [0.1, 0.15) is 5.69 Å². The molecule has 1 N–H and O–H groups in total. The van der Waals surface area contributed by atoms with Crippen molar-refractivity contribution in [1.29, 1.82) is 0 Å².